The van der Waals surface area contributed by atoms with E-state index in [1.54, 1.807) is 4.57 Å². The Hall–Kier alpha value is -1.09. The van der Waals surface area contributed by atoms with Crippen molar-refractivity contribution in [3.63, 3.8) is 0 Å². The van der Waals surface area contributed by atoms with E-state index in [-0.39, 0.29) is 5.56 Å². The molecule has 1 heterocycles. The third kappa shape index (κ3) is 1.69. The number of halogens is 1. The van der Waals surface area contributed by atoms with Crippen LogP contribution < -0.4 is 5.56 Å². The Labute approximate surface area is 103 Å². The number of nitrogens with zero attached hydrogens (tertiary/aromatic N) is 1. The lowest BCUT2D eigenvalue weighted by Crippen LogP contribution is -2.19. The van der Waals surface area contributed by atoms with E-state index in [1.165, 1.54) is 5.56 Å². The lowest BCUT2D eigenvalue weighted by molar-refractivity contribution is 0.891. The van der Waals surface area contributed by atoms with Crippen molar-refractivity contribution in [1.82, 2.24) is 4.57 Å². The minimum absolute atomic E-state index is 0.0765. The van der Waals surface area contributed by atoms with Crippen LogP contribution in [0.2, 0.25) is 0 Å². The second-order valence-electron chi connectivity index (χ2n) is 4.06. The normalized spacial score (nSPS) is 11.0. The Morgan fingerprint density at radius 1 is 1.31 bits per heavy atom. The molecular formula is C13H14BrNO. The Bertz CT molecular complexity index is 613. The smallest absolute Gasteiger partial charge is 0.253 e. The number of benzene rings is 1. The van der Waals surface area contributed by atoms with Crippen molar-refractivity contribution >= 4 is 26.8 Å². The fourth-order valence-corrected chi connectivity index (χ4v) is 2.55. The lowest BCUT2D eigenvalue weighted by Gasteiger charge is -2.10. The van der Waals surface area contributed by atoms with Crippen LogP contribution in [0.1, 0.15) is 18.1 Å². The van der Waals surface area contributed by atoms with Crippen LogP contribution in [0.15, 0.2) is 27.5 Å². The van der Waals surface area contributed by atoms with Crippen molar-refractivity contribution in [3.8, 4) is 0 Å². The monoisotopic (exact) mass is 279 g/mol. The summed E-state index contributed by atoms with van der Waals surface area (Å²) in [6.45, 7) is 3.96. The van der Waals surface area contributed by atoms with Crippen LogP contribution in [0, 0.1) is 6.92 Å². The van der Waals surface area contributed by atoms with Gasteiger partial charge in [-0.05, 0) is 37.1 Å². The summed E-state index contributed by atoms with van der Waals surface area (Å²) in [7, 11) is 1.82. The molecule has 0 bridgehead atoms. The van der Waals surface area contributed by atoms with Crippen LogP contribution >= 0.6 is 15.9 Å². The quantitative estimate of drug-likeness (QED) is 0.786. The molecule has 3 heteroatoms. The molecule has 2 rings (SSSR count). The van der Waals surface area contributed by atoms with Gasteiger partial charge in [0.1, 0.15) is 0 Å². The van der Waals surface area contributed by atoms with Crippen LogP contribution in [0.4, 0.5) is 0 Å². The molecule has 0 fully saturated rings. The number of hydrogen-bond donors (Lipinski definition) is 0. The third-order valence-electron chi connectivity index (χ3n) is 2.94. The van der Waals surface area contributed by atoms with Gasteiger partial charge in [0.25, 0.3) is 5.56 Å². The summed E-state index contributed by atoms with van der Waals surface area (Å²) in [5.74, 6) is 0. The predicted molar refractivity (Wildman–Crippen MR) is 71.0 cm³/mol. The molecule has 16 heavy (non-hydrogen) atoms. The van der Waals surface area contributed by atoms with Gasteiger partial charge in [-0.3, -0.25) is 4.79 Å². The van der Waals surface area contributed by atoms with Crippen molar-refractivity contribution in [3.05, 3.63) is 44.2 Å². The second-order valence-corrected chi connectivity index (χ2v) is 4.91. The van der Waals surface area contributed by atoms with E-state index in [2.05, 4.69) is 35.0 Å². The van der Waals surface area contributed by atoms with Gasteiger partial charge in [-0.1, -0.05) is 22.9 Å². The predicted octanol–water partition coefficient (Wildman–Crippen LogP) is 3.17. The molecule has 0 saturated carbocycles. The van der Waals surface area contributed by atoms with Gasteiger partial charge in [0, 0.05) is 22.5 Å². The number of aryl methyl sites for hydroxylation is 3. The molecule has 0 unspecified atom stereocenters. The summed E-state index contributed by atoms with van der Waals surface area (Å²) in [5, 5.41) is 1.09. The summed E-state index contributed by atoms with van der Waals surface area (Å²) in [4.78, 5) is 11.8. The average Bonchev–Trinajstić information content (AvgIpc) is 2.27. The number of fused-ring (bicyclic) bond motifs is 1. The standard InChI is InChI=1S/C13H14BrNO/c1-4-9-6-11(14)10-5-8(2)13(16)15(3)12(10)7-9/h5-7H,4H2,1-3H3. The van der Waals surface area contributed by atoms with Crippen LogP contribution in [-0.2, 0) is 13.5 Å². The Morgan fingerprint density at radius 3 is 2.62 bits per heavy atom. The molecule has 1 aromatic carbocycles. The summed E-state index contributed by atoms with van der Waals surface area (Å²) in [5.41, 5.74) is 3.08. The molecule has 1 aromatic heterocycles. The molecular weight excluding hydrogens is 266 g/mol. The Balaban J connectivity index is 2.96. The van der Waals surface area contributed by atoms with Crippen LogP contribution in [0.3, 0.4) is 0 Å². The van der Waals surface area contributed by atoms with Crippen molar-refractivity contribution in [2.24, 2.45) is 7.05 Å². The van der Waals surface area contributed by atoms with Crippen molar-refractivity contribution in [2.75, 3.05) is 0 Å². The van der Waals surface area contributed by atoms with Gasteiger partial charge in [-0.25, -0.2) is 0 Å². The first-order valence-corrected chi connectivity index (χ1v) is 6.12. The molecule has 0 aliphatic rings. The van der Waals surface area contributed by atoms with E-state index in [4.69, 9.17) is 0 Å². The largest absolute Gasteiger partial charge is 0.311 e. The number of aromatic nitrogens is 1. The SMILES string of the molecule is CCc1cc(Br)c2cc(C)c(=O)n(C)c2c1. The zero-order chi connectivity index (χ0) is 11.9. The minimum Gasteiger partial charge on any atom is -0.311 e. The molecule has 0 atom stereocenters. The molecule has 0 saturated heterocycles. The van der Waals surface area contributed by atoms with E-state index >= 15 is 0 Å². The van der Waals surface area contributed by atoms with Gasteiger partial charge in [0.05, 0.1) is 5.52 Å². The lowest BCUT2D eigenvalue weighted by atomic mass is 10.1. The Kier molecular flexibility index (Phi) is 2.89. The molecule has 2 aromatic rings. The van der Waals surface area contributed by atoms with Crippen LogP contribution in [-0.4, -0.2) is 4.57 Å². The summed E-state index contributed by atoms with van der Waals surface area (Å²) in [6.07, 6.45) is 0.969. The van der Waals surface area contributed by atoms with Gasteiger partial charge in [0.15, 0.2) is 0 Å². The van der Waals surface area contributed by atoms with Crippen LogP contribution in [0.25, 0.3) is 10.9 Å². The second kappa shape index (κ2) is 4.06. The summed E-state index contributed by atoms with van der Waals surface area (Å²) in [6, 6.07) is 6.15. The van der Waals surface area contributed by atoms with Crippen molar-refractivity contribution in [1.29, 1.82) is 0 Å². The minimum atomic E-state index is 0.0765. The molecule has 2 nitrogen and oxygen atoms in total. The molecule has 0 aliphatic heterocycles. The number of pyridine rings is 1. The highest BCUT2D eigenvalue weighted by atomic mass is 79.9. The molecule has 0 amide bonds. The molecule has 0 N–H and O–H groups in total. The Morgan fingerprint density at radius 2 is 2.00 bits per heavy atom. The average molecular weight is 280 g/mol. The zero-order valence-electron chi connectivity index (χ0n) is 9.67. The van der Waals surface area contributed by atoms with E-state index in [1.807, 2.05) is 20.0 Å². The topological polar surface area (TPSA) is 22.0 Å². The van der Waals surface area contributed by atoms with Crippen LogP contribution in [0.5, 0.6) is 0 Å². The van der Waals surface area contributed by atoms with Crippen molar-refractivity contribution in [2.45, 2.75) is 20.3 Å². The fraction of sp³-hybridized carbons (Fsp3) is 0.308. The van der Waals surface area contributed by atoms with Gasteiger partial charge < -0.3 is 4.57 Å². The highest BCUT2D eigenvalue weighted by Crippen LogP contribution is 2.25. The molecule has 0 spiro atoms. The zero-order valence-corrected chi connectivity index (χ0v) is 11.3. The number of rotatable bonds is 1. The molecule has 84 valence electrons. The van der Waals surface area contributed by atoms with Crippen molar-refractivity contribution < 1.29 is 0 Å². The highest BCUT2D eigenvalue weighted by Gasteiger charge is 2.07. The summed E-state index contributed by atoms with van der Waals surface area (Å²) >= 11 is 3.57. The molecule has 0 radical (unpaired) electrons. The maximum absolute atomic E-state index is 11.8. The fourth-order valence-electron chi connectivity index (χ4n) is 1.93. The first kappa shape index (κ1) is 11.4. The van der Waals surface area contributed by atoms with E-state index in [9.17, 15) is 4.79 Å². The number of hydrogen-bond acceptors (Lipinski definition) is 1. The van der Waals surface area contributed by atoms with Gasteiger partial charge >= 0.3 is 0 Å². The summed E-state index contributed by atoms with van der Waals surface area (Å²) < 4.78 is 2.77. The first-order valence-electron chi connectivity index (χ1n) is 5.33. The first-order chi connectivity index (χ1) is 7.54. The van der Waals surface area contributed by atoms with E-state index in [0.717, 1.165) is 27.4 Å². The van der Waals surface area contributed by atoms with Gasteiger partial charge in [0.2, 0.25) is 0 Å². The van der Waals surface area contributed by atoms with E-state index in [0.29, 0.717) is 0 Å². The maximum atomic E-state index is 11.8. The maximum Gasteiger partial charge on any atom is 0.253 e. The molecule has 0 aliphatic carbocycles. The highest BCUT2D eigenvalue weighted by molar-refractivity contribution is 9.10. The van der Waals surface area contributed by atoms with Gasteiger partial charge in [-0.2, -0.15) is 0 Å². The van der Waals surface area contributed by atoms with E-state index < -0.39 is 0 Å². The third-order valence-corrected chi connectivity index (χ3v) is 3.60. The van der Waals surface area contributed by atoms with Gasteiger partial charge in [-0.15, -0.1) is 0 Å².